The molecule has 23 heavy (non-hydrogen) atoms. The third-order valence-corrected chi connectivity index (χ3v) is 3.66. The Bertz CT molecular complexity index is 862. The number of nitrogens with zero attached hydrogens (tertiary/aromatic N) is 1. The van der Waals surface area contributed by atoms with Gasteiger partial charge in [0.15, 0.2) is 0 Å². The second-order valence-electron chi connectivity index (χ2n) is 4.74. The van der Waals surface area contributed by atoms with E-state index >= 15 is 0 Å². The highest BCUT2D eigenvalue weighted by atomic mass is 35.5. The van der Waals surface area contributed by atoms with Crippen molar-refractivity contribution in [2.24, 2.45) is 0 Å². The summed E-state index contributed by atoms with van der Waals surface area (Å²) in [7, 11) is 0. The van der Waals surface area contributed by atoms with E-state index in [0.717, 1.165) is 24.3 Å². The van der Waals surface area contributed by atoms with Crippen molar-refractivity contribution in [1.82, 2.24) is 0 Å². The van der Waals surface area contributed by atoms with Gasteiger partial charge in [-0.15, -0.1) is 0 Å². The van der Waals surface area contributed by atoms with Crippen molar-refractivity contribution in [2.45, 2.75) is 0 Å². The van der Waals surface area contributed by atoms with Gasteiger partial charge in [0.1, 0.15) is 22.5 Å². The Morgan fingerprint density at radius 3 is 2.04 bits per heavy atom. The second kappa shape index (κ2) is 5.55. The molecule has 0 aliphatic carbocycles. The van der Waals surface area contributed by atoms with Crippen LogP contribution >= 0.6 is 11.6 Å². The molecule has 0 saturated carbocycles. The fourth-order valence-electron chi connectivity index (χ4n) is 2.25. The molecule has 0 fully saturated rings. The first-order valence-corrected chi connectivity index (χ1v) is 6.77. The van der Waals surface area contributed by atoms with Gasteiger partial charge in [0.2, 0.25) is 0 Å². The van der Waals surface area contributed by atoms with Gasteiger partial charge in [-0.2, -0.15) is 0 Å². The quantitative estimate of drug-likeness (QED) is 0.785. The van der Waals surface area contributed by atoms with Crippen molar-refractivity contribution in [3.8, 4) is 0 Å². The van der Waals surface area contributed by atoms with Crippen LogP contribution in [0, 0.1) is 17.5 Å². The number of rotatable bonds is 2. The monoisotopic (exact) mass is 337 g/mol. The highest BCUT2D eigenvalue weighted by molar-refractivity contribution is 6.60. The molecule has 1 aliphatic heterocycles. The summed E-state index contributed by atoms with van der Waals surface area (Å²) in [6, 6.07) is 7.21. The molecule has 0 unspecified atom stereocenters. The lowest BCUT2D eigenvalue weighted by molar-refractivity contribution is -0.119. The van der Waals surface area contributed by atoms with Gasteiger partial charge >= 0.3 is 0 Å². The minimum Gasteiger partial charge on any atom is -0.268 e. The summed E-state index contributed by atoms with van der Waals surface area (Å²) >= 11 is 5.90. The first-order chi connectivity index (χ1) is 10.9. The molecule has 2 aromatic rings. The SMILES string of the molecule is O=C1C(Cl)=C(c2ccc(F)cc2)C(=O)N1c1ccc(F)cc1F. The molecule has 0 saturated heterocycles. The lowest BCUT2D eigenvalue weighted by atomic mass is 10.1. The Morgan fingerprint density at radius 1 is 0.826 bits per heavy atom. The van der Waals surface area contributed by atoms with Crippen LogP contribution in [-0.4, -0.2) is 11.8 Å². The summed E-state index contributed by atoms with van der Waals surface area (Å²) < 4.78 is 39.8. The second-order valence-corrected chi connectivity index (χ2v) is 5.12. The molecule has 0 bridgehead atoms. The maximum Gasteiger partial charge on any atom is 0.277 e. The minimum atomic E-state index is -1.07. The van der Waals surface area contributed by atoms with Gasteiger partial charge in [-0.25, -0.2) is 18.1 Å². The zero-order valence-corrected chi connectivity index (χ0v) is 12.1. The first-order valence-electron chi connectivity index (χ1n) is 6.39. The molecule has 0 aromatic heterocycles. The number of anilines is 1. The van der Waals surface area contributed by atoms with Gasteiger partial charge in [0.05, 0.1) is 11.3 Å². The van der Waals surface area contributed by atoms with Crippen molar-refractivity contribution in [1.29, 1.82) is 0 Å². The number of hydrogen-bond acceptors (Lipinski definition) is 2. The number of hydrogen-bond donors (Lipinski definition) is 0. The largest absolute Gasteiger partial charge is 0.277 e. The first kappa shape index (κ1) is 15.3. The number of amides is 2. The molecule has 116 valence electrons. The van der Waals surface area contributed by atoms with Crippen LogP contribution in [0.5, 0.6) is 0 Å². The third kappa shape index (κ3) is 2.51. The number of carbonyl (C=O) groups is 2. The normalized spacial score (nSPS) is 14.9. The fraction of sp³-hybridized carbons (Fsp3) is 0. The van der Waals surface area contributed by atoms with Crippen molar-refractivity contribution in [2.75, 3.05) is 4.90 Å². The molecule has 0 N–H and O–H groups in total. The van der Waals surface area contributed by atoms with Gasteiger partial charge in [-0.3, -0.25) is 9.59 Å². The van der Waals surface area contributed by atoms with E-state index in [-0.39, 0.29) is 11.1 Å². The van der Waals surface area contributed by atoms with E-state index in [9.17, 15) is 22.8 Å². The van der Waals surface area contributed by atoms with Gasteiger partial charge < -0.3 is 0 Å². The molecular weight excluding hydrogens is 331 g/mol. The molecule has 0 radical (unpaired) electrons. The molecule has 1 heterocycles. The number of imide groups is 1. The summed E-state index contributed by atoms with van der Waals surface area (Å²) in [5, 5.41) is -0.412. The lowest BCUT2D eigenvalue weighted by Gasteiger charge is -2.15. The molecule has 3 nitrogen and oxygen atoms in total. The Morgan fingerprint density at radius 2 is 1.43 bits per heavy atom. The maximum absolute atomic E-state index is 13.9. The Hall–Kier alpha value is -2.60. The van der Waals surface area contributed by atoms with E-state index in [1.807, 2.05) is 0 Å². The summed E-state index contributed by atoms with van der Waals surface area (Å²) in [5.74, 6) is -4.23. The van der Waals surface area contributed by atoms with Crippen LogP contribution in [-0.2, 0) is 9.59 Å². The van der Waals surface area contributed by atoms with Gasteiger partial charge in [0, 0.05) is 6.07 Å². The third-order valence-electron chi connectivity index (χ3n) is 3.31. The van der Waals surface area contributed by atoms with Gasteiger partial charge in [-0.1, -0.05) is 23.7 Å². The minimum absolute atomic E-state index is 0.166. The zero-order valence-electron chi connectivity index (χ0n) is 11.3. The topological polar surface area (TPSA) is 37.4 Å². The lowest BCUT2D eigenvalue weighted by Crippen LogP contribution is -2.32. The van der Waals surface area contributed by atoms with Crippen LogP contribution in [0.25, 0.3) is 5.57 Å². The highest BCUT2D eigenvalue weighted by Gasteiger charge is 2.40. The van der Waals surface area contributed by atoms with E-state index < -0.39 is 40.0 Å². The van der Waals surface area contributed by atoms with E-state index in [1.54, 1.807) is 0 Å². The smallest absolute Gasteiger partial charge is 0.268 e. The standard InChI is InChI=1S/C16H7ClF3NO2/c17-14-13(8-1-3-9(18)4-2-8)15(22)21(16(14)23)12-6-5-10(19)7-11(12)20/h1-7H. The predicted molar refractivity (Wildman–Crippen MR) is 78.0 cm³/mol. The molecular formula is C16H7ClF3NO2. The molecule has 0 atom stereocenters. The van der Waals surface area contributed by atoms with Crippen LogP contribution < -0.4 is 4.90 Å². The van der Waals surface area contributed by atoms with E-state index in [0.29, 0.717) is 11.0 Å². The van der Waals surface area contributed by atoms with Crippen LogP contribution in [0.3, 0.4) is 0 Å². The van der Waals surface area contributed by atoms with E-state index in [2.05, 4.69) is 0 Å². The Balaban J connectivity index is 2.07. The summed E-state index contributed by atoms with van der Waals surface area (Å²) in [4.78, 5) is 25.2. The molecule has 2 aromatic carbocycles. The molecule has 0 spiro atoms. The molecule has 3 rings (SSSR count). The van der Waals surface area contributed by atoms with Crippen LogP contribution in [0.1, 0.15) is 5.56 Å². The predicted octanol–water partition coefficient (Wildman–Crippen LogP) is 3.63. The van der Waals surface area contributed by atoms with Crippen LogP contribution in [0.4, 0.5) is 18.9 Å². The fourth-order valence-corrected chi connectivity index (χ4v) is 2.53. The summed E-state index contributed by atoms with van der Waals surface area (Å²) in [5.41, 5.74) is -0.350. The van der Waals surface area contributed by atoms with Crippen molar-refractivity contribution >= 4 is 34.7 Å². The average Bonchev–Trinajstić information content (AvgIpc) is 2.72. The Labute approximate surface area is 133 Å². The van der Waals surface area contributed by atoms with Crippen LogP contribution in [0.15, 0.2) is 47.5 Å². The Kier molecular flexibility index (Phi) is 3.69. The molecule has 2 amide bonds. The molecule has 1 aliphatic rings. The number of carbonyl (C=O) groups excluding carboxylic acids is 2. The van der Waals surface area contributed by atoms with Crippen molar-refractivity contribution in [3.05, 3.63) is 70.5 Å². The summed E-state index contributed by atoms with van der Waals surface area (Å²) in [6.07, 6.45) is 0. The number of halogens is 4. The average molecular weight is 338 g/mol. The summed E-state index contributed by atoms with van der Waals surface area (Å²) in [6.45, 7) is 0. The maximum atomic E-state index is 13.9. The highest BCUT2D eigenvalue weighted by Crippen LogP contribution is 2.35. The van der Waals surface area contributed by atoms with Crippen LogP contribution in [0.2, 0.25) is 0 Å². The van der Waals surface area contributed by atoms with E-state index in [4.69, 9.17) is 11.6 Å². The molecule has 7 heteroatoms. The van der Waals surface area contributed by atoms with Gasteiger partial charge in [0.25, 0.3) is 11.8 Å². The van der Waals surface area contributed by atoms with Crippen molar-refractivity contribution in [3.63, 3.8) is 0 Å². The zero-order chi connectivity index (χ0) is 16.7. The van der Waals surface area contributed by atoms with E-state index in [1.165, 1.54) is 12.1 Å². The van der Waals surface area contributed by atoms with Crippen molar-refractivity contribution < 1.29 is 22.8 Å². The number of benzene rings is 2. The van der Waals surface area contributed by atoms with Gasteiger partial charge in [-0.05, 0) is 29.8 Å².